The molecule has 13 heteroatoms. The molecule has 2 aromatic rings. The summed E-state index contributed by atoms with van der Waals surface area (Å²) in [5.41, 5.74) is -1.30. The molecule has 2 aliphatic heterocycles. The average Bonchev–Trinajstić information content (AvgIpc) is 3.16. The van der Waals surface area contributed by atoms with Crippen LogP contribution in [0, 0.1) is 0 Å². The van der Waals surface area contributed by atoms with Crippen molar-refractivity contribution in [3.8, 4) is 0 Å². The lowest BCUT2D eigenvalue weighted by Crippen LogP contribution is -2.64. The Kier molecular flexibility index (Phi) is 6.29. The first-order valence-corrected chi connectivity index (χ1v) is 10.8. The number of carbonyl (C=O) groups excluding carboxylic acids is 4. The molecule has 0 N–H and O–H groups in total. The van der Waals surface area contributed by atoms with Gasteiger partial charge in [-0.1, -0.05) is 35.9 Å². The average molecular weight is 491 g/mol. The molecule has 4 rings (SSSR count). The van der Waals surface area contributed by atoms with Gasteiger partial charge in [0.1, 0.15) is 7.85 Å². The largest absolute Gasteiger partial charge is 0.387 e. The number of benzene rings is 2. The SMILES string of the molecule is [B]N(Cc1ccc2c(c1)CN([C@]1([B])CCC(=O)N([B])C1=O)C2=O)C(=O)C(F)(F)c1ccc(Cl)cc1. The number of hydrogen-bond acceptors (Lipinski definition) is 4. The molecule has 1 atom stereocenters. The zero-order valence-corrected chi connectivity index (χ0v) is 19.0. The van der Waals surface area contributed by atoms with Crippen LogP contribution < -0.4 is 0 Å². The second-order valence-electron chi connectivity index (χ2n) is 8.39. The monoisotopic (exact) mass is 491 g/mol. The third kappa shape index (κ3) is 4.24. The van der Waals surface area contributed by atoms with Crippen LogP contribution in [0.15, 0.2) is 42.5 Å². The van der Waals surface area contributed by atoms with E-state index >= 15 is 0 Å². The third-order valence-electron chi connectivity index (χ3n) is 6.12. The first-order valence-electron chi connectivity index (χ1n) is 10.4. The van der Waals surface area contributed by atoms with Crippen molar-refractivity contribution >= 4 is 59.0 Å². The summed E-state index contributed by atoms with van der Waals surface area (Å²) in [4.78, 5) is 51.5. The minimum absolute atomic E-state index is 0.0776. The van der Waals surface area contributed by atoms with E-state index in [1.54, 1.807) is 0 Å². The van der Waals surface area contributed by atoms with Crippen LogP contribution in [0.5, 0.6) is 0 Å². The van der Waals surface area contributed by atoms with Crippen molar-refractivity contribution < 1.29 is 28.0 Å². The lowest BCUT2D eigenvalue weighted by Gasteiger charge is -2.43. The van der Waals surface area contributed by atoms with E-state index in [1.807, 2.05) is 0 Å². The maximum Gasteiger partial charge on any atom is 0.348 e. The highest BCUT2D eigenvalue weighted by molar-refractivity contribution is 6.38. The van der Waals surface area contributed by atoms with Crippen LogP contribution >= 0.6 is 11.6 Å². The van der Waals surface area contributed by atoms with E-state index in [0.717, 1.165) is 17.0 Å². The molecule has 1 saturated heterocycles. The summed E-state index contributed by atoms with van der Waals surface area (Å²) in [6.45, 7) is -0.451. The summed E-state index contributed by atoms with van der Waals surface area (Å²) in [5, 5.41) is 0.239. The molecule has 0 spiro atoms. The molecule has 4 amide bonds. The summed E-state index contributed by atoms with van der Waals surface area (Å²) in [6, 6.07) is 8.96. The lowest BCUT2D eigenvalue weighted by atomic mass is 9.68. The summed E-state index contributed by atoms with van der Waals surface area (Å²) < 4.78 is 29.3. The Labute approximate surface area is 208 Å². The van der Waals surface area contributed by atoms with E-state index in [2.05, 4.69) is 0 Å². The Balaban J connectivity index is 1.51. The molecule has 2 heterocycles. The minimum atomic E-state index is -3.89. The number of fused-ring (bicyclic) bond motifs is 1. The Bertz CT molecular complexity index is 1250. The molecule has 0 aliphatic carbocycles. The van der Waals surface area contributed by atoms with Gasteiger partial charge in [0.05, 0.1) is 5.44 Å². The van der Waals surface area contributed by atoms with Crippen molar-refractivity contribution in [2.24, 2.45) is 0 Å². The van der Waals surface area contributed by atoms with Crippen molar-refractivity contribution in [2.75, 3.05) is 0 Å². The van der Waals surface area contributed by atoms with Gasteiger partial charge in [0.2, 0.25) is 27.8 Å². The minimum Gasteiger partial charge on any atom is -0.387 e. The van der Waals surface area contributed by atoms with Crippen LogP contribution in [0.25, 0.3) is 0 Å². The van der Waals surface area contributed by atoms with Crippen LogP contribution in [0.1, 0.15) is 39.9 Å². The normalized spacial score (nSPS) is 20.3. The highest BCUT2D eigenvalue weighted by atomic mass is 35.5. The number of hydrogen-bond donors (Lipinski definition) is 0. The molecule has 6 radical (unpaired) electrons. The molecule has 0 saturated carbocycles. The van der Waals surface area contributed by atoms with E-state index in [-0.39, 0.29) is 36.5 Å². The highest BCUT2D eigenvalue weighted by Crippen LogP contribution is 2.35. The van der Waals surface area contributed by atoms with Crippen molar-refractivity contribution in [3.63, 3.8) is 0 Å². The molecule has 1 fully saturated rings. The van der Waals surface area contributed by atoms with E-state index in [9.17, 15) is 28.0 Å². The van der Waals surface area contributed by atoms with Crippen LogP contribution in [-0.4, -0.2) is 67.4 Å². The summed E-state index contributed by atoms with van der Waals surface area (Å²) >= 11 is 5.72. The van der Waals surface area contributed by atoms with Gasteiger partial charge < -0.3 is 14.5 Å². The smallest absolute Gasteiger partial charge is 0.348 e. The molecule has 7 nitrogen and oxygen atoms in total. The fourth-order valence-electron chi connectivity index (χ4n) is 4.12. The van der Waals surface area contributed by atoms with Crippen LogP contribution in [0.3, 0.4) is 0 Å². The Morgan fingerprint density at radius 3 is 2.46 bits per heavy atom. The fraction of sp³-hybridized carbons (Fsp3) is 0.273. The Morgan fingerprint density at radius 1 is 1.14 bits per heavy atom. The van der Waals surface area contributed by atoms with Gasteiger partial charge >= 0.3 is 5.92 Å². The van der Waals surface area contributed by atoms with Gasteiger partial charge in [-0.25, -0.2) is 0 Å². The number of nitrogens with zero attached hydrogens (tertiary/aromatic N) is 3. The number of alkyl halides is 2. The second-order valence-corrected chi connectivity index (χ2v) is 8.83. The third-order valence-corrected chi connectivity index (χ3v) is 6.37. The van der Waals surface area contributed by atoms with E-state index in [0.29, 0.717) is 20.7 Å². The van der Waals surface area contributed by atoms with Gasteiger partial charge in [-0.05, 0) is 35.7 Å². The number of piperidine rings is 1. The predicted octanol–water partition coefficient (Wildman–Crippen LogP) is 1.60. The van der Waals surface area contributed by atoms with Gasteiger partial charge in [0, 0.05) is 35.7 Å². The van der Waals surface area contributed by atoms with Crippen LogP contribution in [0.4, 0.5) is 8.78 Å². The topological polar surface area (TPSA) is 78.0 Å². The first-order chi connectivity index (χ1) is 16.4. The highest BCUT2D eigenvalue weighted by Gasteiger charge is 2.49. The summed E-state index contributed by atoms with van der Waals surface area (Å²) in [5.74, 6) is -7.56. The number of rotatable bonds is 5. The number of carbonyl (C=O) groups is 4. The van der Waals surface area contributed by atoms with Crippen molar-refractivity contribution in [2.45, 2.75) is 37.3 Å². The van der Waals surface area contributed by atoms with Crippen molar-refractivity contribution in [1.82, 2.24) is 14.5 Å². The molecule has 0 bridgehead atoms. The van der Waals surface area contributed by atoms with Gasteiger partial charge in [0.25, 0.3) is 11.8 Å². The maximum atomic E-state index is 14.7. The quantitative estimate of drug-likeness (QED) is 0.471. The number of amides is 4. The molecule has 0 aromatic heterocycles. The Hall–Kier alpha value is -3.14. The summed E-state index contributed by atoms with van der Waals surface area (Å²) in [6.07, 6.45) is -0.216. The van der Waals surface area contributed by atoms with E-state index < -0.39 is 40.6 Å². The van der Waals surface area contributed by atoms with Gasteiger partial charge in [-0.3, -0.25) is 19.2 Å². The molecule has 35 heavy (non-hydrogen) atoms. The standard InChI is InChI=1S/C22H15B3ClF2N3O4/c23-21(8-7-17(32)31(25)19(21)34)29-11-13-9-12(1-6-16(13)18(29)33)10-30(24)20(35)22(27,28)14-2-4-15(26)5-3-14/h1-6,9H,7-8,10-11H2/t21-/m1/s1. The molecule has 2 aromatic carbocycles. The van der Waals surface area contributed by atoms with Crippen LogP contribution in [-0.2, 0) is 33.4 Å². The van der Waals surface area contributed by atoms with Crippen molar-refractivity contribution in [3.05, 3.63) is 69.7 Å². The number of imide groups is 1. The Morgan fingerprint density at radius 2 is 1.80 bits per heavy atom. The second kappa shape index (κ2) is 8.82. The first kappa shape index (κ1) is 25.0. The van der Waals surface area contributed by atoms with E-state index in [4.69, 9.17) is 35.4 Å². The summed E-state index contributed by atoms with van der Waals surface area (Å²) in [7, 11) is 17.4. The fourth-order valence-corrected chi connectivity index (χ4v) is 4.25. The molecule has 2 aliphatic rings. The molecule has 172 valence electrons. The lowest BCUT2D eigenvalue weighted by molar-refractivity contribution is -0.154. The maximum absolute atomic E-state index is 14.7. The molecular formula is C22H15B3ClF2N3O4. The zero-order valence-electron chi connectivity index (χ0n) is 18.2. The van der Waals surface area contributed by atoms with Crippen LogP contribution in [0.2, 0.25) is 5.02 Å². The van der Waals surface area contributed by atoms with Gasteiger partial charge in [-0.2, -0.15) is 8.78 Å². The number of halogens is 3. The van der Waals surface area contributed by atoms with Gasteiger partial charge in [-0.15, -0.1) is 0 Å². The van der Waals surface area contributed by atoms with Gasteiger partial charge in [0.15, 0.2) is 0 Å². The molecule has 0 unspecified atom stereocenters. The predicted molar refractivity (Wildman–Crippen MR) is 123 cm³/mol. The molecular weight excluding hydrogens is 476 g/mol. The van der Waals surface area contributed by atoms with Crippen molar-refractivity contribution in [1.29, 1.82) is 0 Å². The van der Waals surface area contributed by atoms with E-state index in [1.165, 1.54) is 30.3 Å². The zero-order chi connectivity index (χ0) is 25.7.